The largest absolute Gasteiger partial charge is 0.487 e. The van der Waals surface area contributed by atoms with Crippen molar-refractivity contribution in [2.75, 3.05) is 26.2 Å². The van der Waals surface area contributed by atoms with E-state index in [1.165, 1.54) is 0 Å². The van der Waals surface area contributed by atoms with Gasteiger partial charge in [-0.15, -0.1) is 0 Å². The molecule has 3 heterocycles. The minimum Gasteiger partial charge on any atom is -0.487 e. The highest BCUT2D eigenvalue weighted by Crippen LogP contribution is 2.46. The van der Waals surface area contributed by atoms with Crippen molar-refractivity contribution in [2.45, 2.75) is 68.9 Å². The zero-order valence-corrected chi connectivity index (χ0v) is 17.1. The molecule has 1 atom stereocenters. The first-order valence-corrected chi connectivity index (χ1v) is 11.2. The summed E-state index contributed by atoms with van der Waals surface area (Å²) in [5.41, 5.74) is 0.889. The molecule has 0 aromatic heterocycles. The lowest BCUT2D eigenvalue weighted by Gasteiger charge is -2.47. The van der Waals surface area contributed by atoms with Gasteiger partial charge in [-0.2, -0.15) is 0 Å². The zero-order chi connectivity index (χ0) is 19.8. The molecule has 3 aliphatic heterocycles. The number of para-hydroxylation sites is 1. The molecule has 156 valence electrons. The molecule has 6 heteroatoms. The third-order valence-electron chi connectivity index (χ3n) is 7.00. The lowest BCUT2D eigenvalue weighted by Crippen LogP contribution is -2.54. The minimum atomic E-state index is -0.263. The van der Waals surface area contributed by atoms with Crippen molar-refractivity contribution < 1.29 is 14.3 Å². The Morgan fingerprint density at radius 2 is 1.72 bits per heavy atom. The number of likely N-dealkylation sites (tertiary alicyclic amines) is 2. The second kappa shape index (κ2) is 7.54. The third kappa shape index (κ3) is 3.94. The Bertz CT molecular complexity index is 777. The molecule has 6 nitrogen and oxygen atoms in total. The number of benzene rings is 1. The van der Waals surface area contributed by atoms with E-state index in [2.05, 4.69) is 11.4 Å². The highest BCUT2D eigenvalue weighted by molar-refractivity contribution is 5.78. The molecule has 1 saturated carbocycles. The van der Waals surface area contributed by atoms with E-state index in [0.717, 1.165) is 82.4 Å². The summed E-state index contributed by atoms with van der Waals surface area (Å²) in [6, 6.07) is 8.75. The average molecular weight is 398 g/mol. The van der Waals surface area contributed by atoms with Crippen molar-refractivity contribution in [3.8, 4) is 5.75 Å². The van der Waals surface area contributed by atoms with Gasteiger partial charge in [-0.1, -0.05) is 18.2 Å². The van der Waals surface area contributed by atoms with Gasteiger partial charge in [0, 0.05) is 57.4 Å². The Morgan fingerprint density at radius 1 is 1.03 bits per heavy atom. The molecule has 1 N–H and O–H groups in total. The lowest BCUT2D eigenvalue weighted by molar-refractivity contribution is -0.122. The van der Waals surface area contributed by atoms with Crippen LogP contribution in [-0.2, 0) is 4.79 Å². The molecule has 1 spiro atoms. The maximum Gasteiger partial charge on any atom is 0.320 e. The highest BCUT2D eigenvalue weighted by Gasteiger charge is 2.45. The summed E-state index contributed by atoms with van der Waals surface area (Å²) >= 11 is 0. The molecule has 0 bridgehead atoms. The Kier molecular flexibility index (Phi) is 4.88. The number of rotatable bonds is 3. The summed E-state index contributed by atoms with van der Waals surface area (Å²) in [6.07, 6.45) is 7.51. The molecular weight excluding hydrogens is 366 g/mol. The molecule has 3 fully saturated rings. The molecule has 0 radical (unpaired) electrons. The van der Waals surface area contributed by atoms with Crippen molar-refractivity contribution in [3.63, 3.8) is 0 Å². The summed E-state index contributed by atoms with van der Waals surface area (Å²) in [7, 11) is 0. The van der Waals surface area contributed by atoms with Crippen molar-refractivity contribution in [1.82, 2.24) is 15.1 Å². The van der Waals surface area contributed by atoms with Crippen molar-refractivity contribution in [3.05, 3.63) is 29.8 Å². The van der Waals surface area contributed by atoms with Crippen LogP contribution in [0.3, 0.4) is 0 Å². The van der Waals surface area contributed by atoms with Crippen LogP contribution in [-0.4, -0.2) is 59.6 Å². The van der Waals surface area contributed by atoms with Gasteiger partial charge in [-0.25, -0.2) is 4.79 Å². The van der Waals surface area contributed by atoms with Crippen molar-refractivity contribution >= 4 is 11.9 Å². The number of carbonyl (C=O) groups is 2. The Hall–Kier alpha value is -2.24. The van der Waals surface area contributed by atoms with E-state index in [1.807, 2.05) is 28.0 Å². The lowest BCUT2D eigenvalue weighted by atomic mass is 9.76. The van der Waals surface area contributed by atoms with E-state index in [-0.39, 0.29) is 23.5 Å². The van der Waals surface area contributed by atoms with Gasteiger partial charge in [-0.05, 0) is 43.7 Å². The standard InChI is InChI=1S/C23H31N3O3/c27-21(24-18-7-8-18)15-17-16-23(29-20-6-2-1-5-19(17)20)9-13-26(14-10-23)22(28)25-11-3-4-12-25/h1-2,5-6,17-18H,3-4,7-16H2,(H,24,27). The first-order chi connectivity index (χ1) is 14.1. The third-order valence-corrected chi connectivity index (χ3v) is 7.00. The van der Waals surface area contributed by atoms with Crippen LogP contribution >= 0.6 is 0 Å². The smallest absolute Gasteiger partial charge is 0.320 e. The molecule has 1 aliphatic carbocycles. The number of carbonyl (C=O) groups excluding carboxylic acids is 2. The van der Waals surface area contributed by atoms with Crippen LogP contribution < -0.4 is 10.1 Å². The molecule has 3 amide bonds. The zero-order valence-electron chi connectivity index (χ0n) is 17.1. The predicted molar refractivity (Wildman–Crippen MR) is 110 cm³/mol. The fourth-order valence-corrected chi connectivity index (χ4v) is 5.18. The fraction of sp³-hybridized carbons (Fsp3) is 0.652. The summed E-state index contributed by atoms with van der Waals surface area (Å²) in [5.74, 6) is 1.26. The number of nitrogens with one attached hydrogen (secondary N) is 1. The maximum absolute atomic E-state index is 12.7. The number of amides is 3. The van der Waals surface area contributed by atoms with Crippen LogP contribution in [0.2, 0.25) is 0 Å². The number of hydrogen-bond donors (Lipinski definition) is 1. The quantitative estimate of drug-likeness (QED) is 0.852. The highest BCUT2D eigenvalue weighted by atomic mass is 16.5. The van der Waals surface area contributed by atoms with Crippen LogP contribution in [0.5, 0.6) is 5.75 Å². The van der Waals surface area contributed by atoms with Gasteiger partial charge >= 0.3 is 6.03 Å². The van der Waals surface area contributed by atoms with Gasteiger partial charge in [0.15, 0.2) is 0 Å². The number of fused-ring (bicyclic) bond motifs is 1. The van der Waals surface area contributed by atoms with Crippen LogP contribution in [0.4, 0.5) is 4.79 Å². The van der Waals surface area contributed by atoms with Crippen LogP contribution in [0.1, 0.15) is 62.8 Å². The number of piperidine rings is 1. The Morgan fingerprint density at radius 3 is 2.45 bits per heavy atom. The molecule has 2 saturated heterocycles. The SMILES string of the molecule is O=C(CC1CC2(CCN(C(=O)N3CCCC3)CC2)Oc2ccccc21)NC1CC1. The van der Waals surface area contributed by atoms with Gasteiger partial charge in [0.05, 0.1) is 0 Å². The minimum absolute atomic E-state index is 0.158. The van der Waals surface area contributed by atoms with E-state index in [1.54, 1.807) is 0 Å². The number of ether oxygens (including phenoxy) is 1. The van der Waals surface area contributed by atoms with Gasteiger partial charge in [0.1, 0.15) is 11.4 Å². The molecule has 1 aromatic carbocycles. The van der Waals surface area contributed by atoms with Gasteiger partial charge in [-0.3, -0.25) is 4.79 Å². The Labute approximate surface area is 172 Å². The van der Waals surface area contributed by atoms with Crippen molar-refractivity contribution in [2.24, 2.45) is 0 Å². The second-order valence-electron chi connectivity index (χ2n) is 9.23. The predicted octanol–water partition coefficient (Wildman–Crippen LogP) is 3.27. The van der Waals surface area contributed by atoms with Crippen LogP contribution in [0, 0.1) is 0 Å². The topological polar surface area (TPSA) is 61.9 Å². The van der Waals surface area contributed by atoms with E-state index in [9.17, 15) is 9.59 Å². The van der Waals surface area contributed by atoms with Gasteiger partial charge in [0.2, 0.25) is 5.91 Å². The first-order valence-electron chi connectivity index (χ1n) is 11.2. The molecular formula is C23H31N3O3. The Balaban J connectivity index is 1.28. The molecule has 29 heavy (non-hydrogen) atoms. The monoisotopic (exact) mass is 397 g/mol. The average Bonchev–Trinajstić information content (AvgIpc) is 3.36. The van der Waals surface area contributed by atoms with Gasteiger partial charge in [0.25, 0.3) is 0 Å². The van der Waals surface area contributed by atoms with Crippen molar-refractivity contribution in [1.29, 1.82) is 0 Å². The van der Waals surface area contributed by atoms with E-state index in [4.69, 9.17) is 4.74 Å². The summed E-state index contributed by atoms with van der Waals surface area (Å²) in [6.45, 7) is 3.25. The van der Waals surface area contributed by atoms with E-state index < -0.39 is 0 Å². The summed E-state index contributed by atoms with van der Waals surface area (Å²) in [4.78, 5) is 29.2. The summed E-state index contributed by atoms with van der Waals surface area (Å²) in [5, 5.41) is 3.14. The van der Waals surface area contributed by atoms with Gasteiger partial charge < -0.3 is 19.9 Å². The van der Waals surface area contributed by atoms with E-state index in [0.29, 0.717) is 12.5 Å². The molecule has 4 aliphatic rings. The molecule has 5 rings (SSSR count). The van der Waals surface area contributed by atoms with Crippen LogP contribution in [0.25, 0.3) is 0 Å². The molecule has 1 aromatic rings. The number of hydrogen-bond acceptors (Lipinski definition) is 3. The number of urea groups is 1. The first kappa shape index (κ1) is 18.8. The van der Waals surface area contributed by atoms with E-state index >= 15 is 0 Å². The molecule has 1 unspecified atom stereocenters. The fourth-order valence-electron chi connectivity index (χ4n) is 5.18. The van der Waals surface area contributed by atoms with Crippen LogP contribution in [0.15, 0.2) is 24.3 Å². The summed E-state index contributed by atoms with van der Waals surface area (Å²) < 4.78 is 6.54. The maximum atomic E-state index is 12.7. The number of nitrogens with zero attached hydrogens (tertiary/aromatic N) is 2. The second-order valence-corrected chi connectivity index (χ2v) is 9.23. The normalized spacial score (nSPS) is 25.4.